The molecule has 0 radical (unpaired) electrons. The first-order valence-electron chi connectivity index (χ1n) is 10.3. The van der Waals surface area contributed by atoms with Crippen LogP contribution in [0.2, 0.25) is 0 Å². The van der Waals surface area contributed by atoms with Crippen molar-refractivity contribution in [2.24, 2.45) is 5.41 Å². The summed E-state index contributed by atoms with van der Waals surface area (Å²) in [4.78, 5) is 12.4. The van der Waals surface area contributed by atoms with Crippen LogP contribution in [-0.2, 0) is 16.0 Å². The van der Waals surface area contributed by atoms with Gasteiger partial charge in [0.25, 0.3) is 0 Å². The summed E-state index contributed by atoms with van der Waals surface area (Å²) in [5.41, 5.74) is 4.01. The summed E-state index contributed by atoms with van der Waals surface area (Å²) in [6.07, 6.45) is 2.84. The van der Waals surface area contributed by atoms with E-state index < -0.39 is 5.97 Å². The molecule has 1 aliphatic heterocycles. The summed E-state index contributed by atoms with van der Waals surface area (Å²) in [7, 11) is 0. The number of hydrogen-bond donors (Lipinski definition) is 2. The van der Waals surface area contributed by atoms with Crippen molar-refractivity contribution in [1.82, 2.24) is 0 Å². The van der Waals surface area contributed by atoms with Crippen LogP contribution < -0.4 is 4.74 Å². The van der Waals surface area contributed by atoms with Crippen LogP contribution in [0.3, 0.4) is 0 Å². The lowest BCUT2D eigenvalue weighted by molar-refractivity contribution is -0.130. The number of aryl methyl sites for hydroxylation is 1. The Bertz CT molecular complexity index is 877. The highest BCUT2D eigenvalue weighted by atomic mass is 32.1. The maximum atomic E-state index is 11.6. The largest absolute Gasteiger partial charge is 0.423 e. The second-order valence-corrected chi connectivity index (χ2v) is 8.86. The lowest BCUT2D eigenvalue weighted by Gasteiger charge is -2.41. The van der Waals surface area contributed by atoms with Crippen LogP contribution in [-0.4, -0.2) is 30.9 Å². The maximum Gasteiger partial charge on any atom is 0.338 e. The zero-order valence-electron chi connectivity index (χ0n) is 18.4. The zero-order valence-corrected chi connectivity index (χ0v) is 19.3. The van der Waals surface area contributed by atoms with Gasteiger partial charge in [-0.1, -0.05) is 49.6 Å². The van der Waals surface area contributed by atoms with Gasteiger partial charge in [-0.2, -0.15) is 0 Å². The summed E-state index contributed by atoms with van der Waals surface area (Å²) in [6.45, 7) is 12.2. The summed E-state index contributed by atoms with van der Waals surface area (Å²) in [6, 6.07) is 16.0. The molecule has 0 amide bonds. The number of benzene rings is 2. The fourth-order valence-electron chi connectivity index (χ4n) is 3.22. The standard InChI is InChI=1S/C23H26O4.C3H6S/c1-17(2)22(25)27-21-9-7-20(8-10-21)19-5-3-18(4-6-19)11-12-23(13-14-24)15-26-16-23;1-3(2)4/h3-10,24H,1,11-16H2,2H3;4H,1H2,2H3. The van der Waals surface area contributed by atoms with Crippen molar-refractivity contribution in [1.29, 1.82) is 0 Å². The molecular weight excluding hydrogens is 408 g/mol. The number of carbonyl (C=O) groups is 1. The van der Waals surface area contributed by atoms with Gasteiger partial charge < -0.3 is 14.6 Å². The molecule has 1 N–H and O–H groups in total. The van der Waals surface area contributed by atoms with Crippen LogP contribution in [0.4, 0.5) is 0 Å². The first-order valence-corrected chi connectivity index (χ1v) is 10.8. The lowest BCUT2D eigenvalue weighted by Crippen LogP contribution is -2.43. The molecule has 166 valence electrons. The molecule has 1 heterocycles. The van der Waals surface area contributed by atoms with Crippen LogP contribution in [0.1, 0.15) is 32.3 Å². The molecule has 0 spiro atoms. The highest BCUT2D eigenvalue weighted by Gasteiger charge is 2.37. The number of allylic oxidation sites excluding steroid dienone is 1. The molecule has 31 heavy (non-hydrogen) atoms. The van der Waals surface area contributed by atoms with E-state index in [-0.39, 0.29) is 12.0 Å². The number of hydrogen-bond acceptors (Lipinski definition) is 5. The normalized spacial score (nSPS) is 13.9. The van der Waals surface area contributed by atoms with E-state index in [2.05, 4.69) is 50.1 Å². The average Bonchev–Trinajstić information content (AvgIpc) is 2.70. The second-order valence-electron chi connectivity index (χ2n) is 8.09. The van der Waals surface area contributed by atoms with Gasteiger partial charge in [-0.15, -0.1) is 12.6 Å². The molecule has 0 unspecified atom stereocenters. The van der Waals surface area contributed by atoms with Gasteiger partial charge in [0.1, 0.15) is 5.75 Å². The molecule has 2 aromatic rings. The van der Waals surface area contributed by atoms with E-state index >= 15 is 0 Å². The molecule has 0 saturated carbocycles. The highest BCUT2D eigenvalue weighted by Crippen LogP contribution is 2.36. The summed E-state index contributed by atoms with van der Waals surface area (Å²) in [5.74, 6) is 0.100. The summed E-state index contributed by atoms with van der Waals surface area (Å²) in [5, 5.41) is 9.23. The SMILES string of the molecule is C=C(C)C(=O)Oc1ccc(-c2ccc(CCC3(CCO)COC3)cc2)cc1.C=C(C)S. The Hall–Kier alpha value is -2.34. The molecule has 2 aromatic carbocycles. The number of rotatable bonds is 8. The van der Waals surface area contributed by atoms with Crippen LogP contribution in [0.15, 0.2) is 72.2 Å². The number of ether oxygens (including phenoxy) is 2. The second kappa shape index (κ2) is 11.9. The Balaban J connectivity index is 0.000000785. The number of aliphatic hydroxyl groups is 1. The molecule has 0 aliphatic carbocycles. The van der Waals surface area contributed by atoms with Gasteiger partial charge in [-0.3, -0.25) is 0 Å². The van der Waals surface area contributed by atoms with Crippen molar-refractivity contribution < 1.29 is 19.4 Å². The topological polar surface area (TPSA) is 55.8 Å². The molecule has 1 aliphatic rings. The predicted octanol–water partition coefficient (Wildman–Crippen LogP) is 5.62. The third-order valence-electron chi connectivity index (χ3n) is 5.10. The van der Waals surface area contributed by atoms with Gasteiger partial charge in [-0.25, -0.2) is 4.79 Å². The van der Waals surface area contributed by atoms with Crippen molar-refractivity contribution in [3.63, 3.8) is 0 Å². The molecule has 1 saturated heterocycles. The van der Waals surface area contributed by atoms with Crippen LogP contribution in [0.5, 0.6) is 5.75 Å². The molecule has 4 nitrogen and oxygen atoms in total. The highest BCUT2D eigenvalue weighted by molar-refractivity contribution is 7.84. The van der Waals surface area contributed by atoms with Gasteiger partial charge in [-0.05, 0) is 66.8 Å². The van der Waals surface area contributed by atoms with E-state index in [0.717, 1.165) is 48.5 Å². The van der Waals surface area contributed by atoms with E-state index in [1.54, 1.807) is 19.1 Å². The maximum absolute atomic E-state index is 11.6. The first-order chi connectivity index (χ1) is 14.7. The van der Waals surface area contributed by atoms with Crippen LogP contribution >= 0.6 is 12.6 Å². The van der Waals surface area contributed by atoms with Crippen molar-refractivity contribution in [3.8, 4) is 16.9 Å². The van der Waals surface area contributed by atoms with E-state index in [0.29, 0.717) is 11.3 Å². The minimum absolute atomic E-state index is 0.157. The summed E-state index contributed by atoms with van der Waals surface area (Å²) < 4.78 is 10.6. The van der Waals surface area contributed by atoms with Gasteiger partial charge in [0.15, 0.2) is 0 Å². The van der Waals surface area contributed by atoms with E-state index in [1.807, 2.05) is 19.1 Å². The van der Waals surface area contributed by atoms with E-state index in [1.165, 1.54) is 5.56 Å². The van der Waals surface area contributed by atoms with Crippen molar-refractivity contribution >= 4 is 18.6 Å². The Morgan fingerprint density at radius 2 is 1.55 bits per heavy atom. The number of esters is 1. The fourth-order valence-corrected chi connectivity index (χ4v) is 3.22. The summed E-state index contributed by atoms with van der Waals surface area (Å²) >= 11 is 3.77. The monoisotopic (exact) mass is 440 g/mol. The lowest BCUT2D eigenvalue weighted by atomic mass is 9.77. The number of aliphatic hydroxyl groups excluding tert-OH is 1. The van der Waals surface area contributed by atoms with Crippen LogP contribution in [0.25, 0.3) is 11.1 Å². The van der Waals surface area contributed by atoms with Gasteiger partial charge in [0.2, 0.25) is 0 Å². The third kappa shape index (κ3) is 8.02. The van der Waals surface area contributed by atoms with Crippen molar-refractivity contribution in [2.45, 2.75) is 33.1 Å². The number of carbonyl (C=O) groups excluding carboxylic acids is 1. The molecule has 3 rings (SSSR count). The first kappa shape index (κ1) is 24.9. The average molecular weight is 441 g/mol. The molecule has 5 heteroatoms. The van der Waals surface area contributed by atoms with E-state index in [4.69, 9.17) is 9.47 Å². The van der Waals surface area contributed by atoms with Gasteiger partial charge in [0.05, 0.1) is 13.2 Å². The number of thiol groups is 1. The molecular formula is C26H32O4S. The van der Waals surface area contributed by atoms with Gasteiger partial charge in [0, 0.05) is 17.6 Å². The molecule has 0 atom stereocenters. The Labute approximate surface area is 191 Å². The fraction of sp³-hybridized carbons (Fsp3) is 0.346. The Morgan fingerprint density at radius 3 is 1.97 bits per heavy atom. The minimum Gasteiger partial charge on any atom is -0.423 e. The van der Waals surface area contributed by atoms with Crippen molar-refractivity contribution in [3.05, 3.63) is 77.7 Å². The zero-order chi connectivity index (χ0) is 22.9. The Morgan fingerprint density at radius 1 is 1.03 bits per heavy atom. The minimum atomic E-state index is -0.414. The molecule has 0 aromatic heterocycles. The Kier molecular flexibility index (Phi) is 9.56. The van der Waals surface area contributed by atoms with Crippen LogP contribution in [0, 0.1) is 5.41 Å². The van der Waals surface area contributed by atoms with Gasteiger partial charge >= 0.3 is 5.97 Å². The third-order valence-corrected chi connectivity index (χ3v) is 5.10. The quantitative estimate of drug-likeness (QED) is 0.242. The smallest absolute Gasteiger partial charge is 0.338 e. The van der Waals surface area contributed by atoms with E-state index in [9.17, 15) is 9.90 Å². The predicted molar refractivity (Wildman–Crippen MR) is 129 cm³/mol. The van der Waals surface area contributed by atoms with Crippen molar-refractivity contribution in [2.75, 3.05) is 19.8 Å². The molecule has 0 bridgehead atoms. The molecule has 1 fully saturated rings.